The van der Waals surface area contributed by atoms with Crippen molar-refractivity contribution in [1.82, 2.24) is 19.7 Å². The molecule has 1 N–H and O–H groups in total. The van der Waals surface area contributed by atoms with Gasteiger partial charge in [-0.25, -0.2) is 9.67 Å². The molecule has 0 radical (unpaired) electrons. The van der Waals surface area contributed by atoms with Gasteiger partial charge in [-0.1, -0.05) is 11.6 Å². The van der Waals surface area contributed by atoms with Crippen LogP contribution in [0.5, 0.6) is 5.75 Å². The lowest BCUT2D eigenvalue weighted by molar-refractivity contribution is -0.117. The Morgan fingerprint density at radius 3 is 2.57 bits per heavy atom. The number of hydrogen-bond donors (Lipinski definition) is 1. The molecule has 156 valence electrons. The van der Waals surface area contributed by atoms with Crippen molar-refractivity contribution in [2.45, 2.75) is 0 Å². The third-order valence-corrected chi connectivity index (χ3v) is 5.31. The molecule has 0 aliphatic carbocycles. The molecule has 8 nitrogen and oxygen atoms in total. The van der Waals surface area contributed by atoms with Gasteiger partial charge in [-0.2, -0.15) is 5.10 Å². The Bertz CT molecular complexity index is 985. The van der Waals surface area contributed by atoms with E-state index in [9.17, 15) is 4.79 Å². The number of methoxy groups -OCH3 is 1. The third kappa shape index (κ3) is 4.72. The SMILES string of the molecule is COc1ccc(N2CCN(CC(=O)Nc3cc(Cl)ccc3-n3cncn3)CC2)cc1. The minimum absolute atomic E-state index is 0.0865. The minimum atomic E-state index is -0.0865. The molecular formula is C21H23ClN6O2. The van der Waals surface area contributed by atoms with Crippen molar-refractivity contribution in [3.05, 3.63) is 60.1 Å². The molecule has 4 rings (SSSR count). The number of carbonyl (C=O) groups excluding carboxylic acids is 1. The highest BCUT2D eigenvalue weighted by Crippen LogP contribution is 2.24. The molecule has 1 aliphatic heterocycles. The molecule has 0 bridgehead atoms. The third-order valence-electron chi connectivity index (χ3n) is 5.08. The summed E-state index contributed by atoms with van der Waals surface area (Å²) in [5.41, 5.74) is 2.49. The standard InChI is InChI=1S/C21H23ClN6O2/c1-30-18-5-3-17(4-6-18)27-10-8-26(9-11-27)13-21(29)25-19-12-16(22)2-7-20(19)28-15-23-14-24-28/h2-7,12,14-15H,8-11,13H2,1H3,(H,25,29). The fourth-order valence-corrected chi connectivity index (χ4v) is 3.66. The molecule has 2 aromatic carbocycles. The molecule has 0 spiro atoms. The van der Waals surface area contributed by atoms with E-state index in [2.05, 4.69) is 37.3 Å². The fraction of sp³-hybridized carbons (Fsp3) is 0.286. The summed E-state index contributed by atoms with van der Waals surface area (Å²) in [5, 5.41) is 7.64. The maximum Gasteiger partial charge on any atom is 0.238 e. The van der Waals surface area contributed by atoms with Gasteiger partial charge in [-0.15, -0.1) is 0 Å². The van der Waals surface area contributed by atoms with Crippen LogP contribution in [0.25, 0.3) is 5.69 Å². The van der Waals surface area contributed by atoms with Crippen LogP contribution in [0.1, 0.15) is 0 Å². The van der Waals surface area contributed by atoms with Gasteiger partial charge in [0.2, 0.25) is 5.91 Å². The van der Waals surface area contributed by atoms with Crippen molar-refractivity contribution >= 4 is 28.9 Å². The quantitative estimate of drug-likeness (QED) is 0.653. The second kappa shape index (κ2) is 9.15. The molecule has 2 heterocycles. The summed E-state index contributed by atoms with van der Waals surface area (Å²) < 4.78 is 6.81. The first-order chi connectivity index (χ1) is 14.6. The van der Waals surface area contributed by atoms with E-state index in [0.29, 0.717) is 17.3 Å². The Labute approximate surface area is 180 Å². The van der Waals surface area contributed by atoms with Crippen LogP contribution in [-0.2, 0) is 4.79 Å². The van der Waals surface area contributed by atoms with E-state index >= 15 is 0 Å². The molecule has 3 aromatic rings. The summed E-state index contributed by atoms with van der Waals surface area (Å²) in [6.45, 7) is 3.66. The zero-order valence-corrected chi connectivity index (χ0v) is 17.4. The van der Waals surface area contributed by atoms with E-state index in [0.717, 1.165) is 43.3 Å². The van der Waals surface area contributed by atoms with Gasteiger partial charge in [0.1, 0.15) is 18.4 Å². The smallest absolute Gasteiger partial charge is 0.238 e. The van der Waals surface area contributed by atoms with E-state index in [1.807, 2.05) is 12.1 Å². The van der Waals surface area contributed by atoms with Crippen LogP contribution in [0.3, 0.4) is 0 Å². The molecule has 1 aromatic heterocycles. The van der Waals surface area contributed by atoms with E-state index in [-0.39, 0.29) is 5.91 Å². The van der Waals surface area contributed by atoms with Gasteiger partial charge in [0.15, 0.2) is 0 Å². The number of amides is 1. The van der Waals surface area contributed by atoms with Gasteiger partial charge >= 0.3 is 0 Å². The molecule has 1 saturated heterocycles. The number of piperazine rings is 1. The molecular weight excluding hydrogens is 404 g/mol. The van der Waals surface area contributed by atoms with Crippen LogP contribution in [-0.4, -0.2) is 65.4 Å². The average molecular weight is 427 g/mol. The van der Waals surface area contributed by atoms with Gasteiger partial charge in [-0.05, 0) is 42.5 Å². The first kappa shape index (κ1) is 20.2. The Kier molecular flexibility index (Phi) is 6.15. The predicted octanol–water partition coefficient (Wildman–Crippen LogP) is 2.69. The Morgan fingerprint density at radius 2 is 1.90 bits per heavy atom. The molecule has 30 heavy (non-hydrogen) atoms. The number of carbonyl (C=O) groups is 1. The number of nitrogens with one attached hydrogen (secondary N) is 1. The first-order valence-corrected chi connectivity index (χ1v) is 10.1. The number of aromatic nitrogens is 3. The number of ether oxygens (including phenoxy) is 1. The van der Waals surface area contributed by atoms with Crippen LogP contribution >= 0.6 is 11.6 Å². The lowest BCUT2D eigenvalue weighted by Crippen LogP contribution is -2.48. The zero-order valence-electron chi connectivity index (χ0n) is 16.7. The Morgan fingerprint density at radius 1 is 1.13 bits per heavy atom. The number of benzene rings is 2. The van der Waals surface area contributed by atoms with Gasteiger partial charge in [0.05, 0.1) is 25.0 Å². The molecule has 0 atom stereocenters. The monoisotopic (exact) mass is 426 g/mol. The molecule has 0 unspecified atom stereocenters. The average Bonchev–Trinajstić information content (AvgIpc) is 3.29. The summed E-state index contributed by atoms with van der Waals surface area (Å²) >= 11 is 6.13. The van der Waals surface area contributed by atoms with Crippen LogP contribution in [0.4, 0.5) is 11.4 Å². The lowest BCUT2D eigenvalue weighted by Gasteiger charge is -2.35. The van der Waals surface area contributed by atoms with Crippen molar-refractivity contribution in [2.75, 3.05) is 50.1 Å². The van der Waals surface area contributed by atoms with Crippen molar-refractivity contribution in [3.8, 4) is 11.4 Å². The maximum atomic E-state index is 12.7. The summed E-state index contributed by atoms with van der Waals surface area (Å²) in [6.07, 6.45) is 3.03. The van der Waals surface area contributed by atoms with E-state index < -0.39 is 0 Å². The van der Waals surface area contributed by atoms with E-state index in [1.165, 1.54) is 6.33 Å². The fourth-order valence-electron chi connectivity index (χ4n) is 3.49. The minimum Gasteiger partial charge on any atom is -0.497 e. The number of halogens is 1. The Balaban J connectivity index is 1.34. The molecule has 9 heteroatoms. The van der Waals surface area contributed by atoms with Gasteiger partial charge in [-0.3, -0.25) is 9.69 Å². The van der Waals surface area contributed by atoms with Crippen molar-refractivity contribution in [3.63, 3.8) is 0 Å². The first-order valence-electron chi connectivity index (χ1n) is 9.68. The topological polar surface area (TPSA) is 75.5 Å². The zero-order chi connectivity index (χ0) is 20.9. The number of hydrogen-bond acceptors (Lipinski definition) is 6. The molecule has 0 saturated carbocycles. The highest BCUT2D eigenvalue weighted by Gasteiger charge is 2.20. The largest absolute Gasteiger partial charge is 0.497 e. The summed E-state index contributed by atoms with van der Waals surface area (Å²) in [4.78, 5) is 21.1. The summed E-state index contributed by atoms with van der Waals surface area (Å²) in [7, 11) is 1.66. The highest BCUT2D eigenvalue weighted by molar-refractivity contribution is 6.31. The second-order valence-corrected chi connectivity index (χ2v) is 7.45. The Hall–Kier alpha value is -3.10. The van der Waals surface area contributed by atoms with Gasteiger partial charge in [0, 0.05) is 36.9 Å². The van der Waals surface area contributed by atoms with E-state index in [1.54, 1.807) is 36.3 Å². The normalized spacial score (nSPS) is 14.5. The van der Waals surface area contributed by atoms with Gasteiger partial charge in [0.25, 0.3) is 0 Å². The number of nitrogens with zero attached hydrogens (tertiary/aromatic N) is 5. The molecule has 1 fully saturated rings. The summed E-state index contributed by atoms with van der Waals surface area (Å²) in [5.74, 6) is 0.761. The van der Waals surface area contributed by atoms with Gasteiger partial charge < -0.3 is 15.0 Å². The molecule has 1 aliphatic rings. The number of anilines is 2. The van der Waals surface area contributed by atoms with Crippen LogP contribution in [0.2, 0.25) is 5.02 Å². The second-order valence-electron chi connectivity index (χ2n) is 7.01. The van der Waals surface area contributed by atoms with Crippen LogP contribution in [0, 0.1) is 0 Å². The van der Waals surface area contributed by atoms with Crippen molar-refractivity contribution in [1.29, 1.82) is 0 Å². The lowest BCUT2D eigenvalue weighted by atomic mass is 10.2. The van der Waals surface area contributed by atoms with Crippen molar-refractivity contribution < 1.29 is 9.53 Å². The van der Waals surface area contributed by atoms with E-state index in [4.69, 9.17) is 16.3 Å². The van der Waals surface area contributed by atoms with Crippen LogP contribution in [0.15, 0.2) is 55.1 Å². The maximum absolute atomic E-state index is 12.7. The summed E-state index contributed by atoms with van der Waals surface area (Å²) in [6, 6.07) is 13.3. The number of rotatable bonds is 6. The predicted molar refractivity (Wildman–Crippen MR) is 117 cm³/mol. The highest BCUT2D eigenvalue weighted by atomic mass is 35.5. The van der Waals surface area contributed by atoms with Crippen LogP contribution < -0.4 is 15.0 Å². The molecule has 1 amide bonds. The van der Waals surface area contributed by atoms with Crippen molar-refractivity contribution in [2.24, 2.45) is 0 Å².